The minimum atomic E-state index is -0.0199. The lowest BCUT2D eigenvalue weighted by Gasteiger charge is -2.20. The Kier molecular flexibility index (Phi) is 5.20. The topological polar surface area (TPSA) is 51.0 Å². The summed E-state index contributed by atoms with van der Waals surface area (Å²) < 4.78 is 2.86. The number of fused-ring (bicyclic) bond motifs is 1. The number of rotatable bonds is 5. The highest BCUT2D eigenvalue weighted by molar-refractivity contribution is 7.22. The molecule has 0 atom stereocenters. The first kappa shape index (κ1) is 19.3. The third-order valence-electron chi connectivity index (χ3n) is 5.18. The maximum atomic E-state index is 13.3. The van der Waals surface area contributed by atoms with E-state index < -0.39 is 0 Å². The van der Waals surface area contributed by atoms with Gasteiger partial charge in [-0.05, 0) is 56.5 Å². The number of nitrogens with zero attached hydrogens (tertiary/aromatic N) is 4. The standard InChI is InChI=1S/C23H24N4OS/c1-15-10-11-20-22(18(15)4)24-23(29-20)26(13-19-8-6-5-7-9-19)21(28)14-27-17(3)12-16(2)25-27/h5-12H,13-14H2,1-4H3. The highest BCUT2D eigenvalue weighted by atomic mass is 32.1. The first-order valence-electron chi connectivity index (χ1n) is 9.64. The Labute approximate surface area is 174 Å². The van der Waals surface area contributed by atoms with Gasteiger partial charge in [0, 0.05) is 5.69 Å². The zero-order valence-electron chi connectivity index (χ0n) is 17.1. The Morgan fingerprint density at radius 1 is 1.07 bits per heavy atom. The minimum absolute atomic E-state index is 0.0199. The zero-order valence-corrected chi connectivity index (χ0v) is 18.0. The quantitative estimate of drug-likeness (QED) is 0.472. The maximum Gasteiger partial charge on any atom is 0.250 e. The molecule has 2 aromatic carbocycles. The molecule has 0 spiro atoms. The summed E-state index contributed by atoms with van der Waals surface area (Å²) in [6.07, 6.45) is 0. The van der Waals surface area contributed by atoms with Gasteiger partial charge in [0.05, 0.1) is 22.5 Å². The second-order valence-corrected chi connectivity index (χ2v) is 8.41. The van der Waals surface area contributed by atoms with E-state index in [0.29, 0.717) is 6.54 Å². The second-order valence-electron chi connectivity index (χ2n) is 7.40. The van der Waals surface area contributed by atoms with Crippen molar-refractivity contribution < 1.29 is 4.79 Å². The summed E-state index contributed by atoms with van der Waals surface area (Å²) in [6, 6.07) is 16.2. The van der Waals surface area contributed by atoms with Crippen molar-refractivity contribution in [3.05, 3.63) is 76.6 Å². The largest absolute Gasteiger partial charge is 0.282 e. The van der Waals surface area contributed by atoms with Crippen LogP contribution in [-0.2, 0) is 17.9 Å². The van der Waals surface area contributed by atoms with Gasteiger partial charge in [-0.2, -0.15) is 5.10 Å². The van der Waals surface area contributed by atoms with Gasteiger partial charge in [0.1, 0.15) is 6.54 Å². The van der Waals surface area contributed by atoms with Crippen LogP contribution in [0.4, 0.5) is 5.13 Å². The molecule has 0 aliphatic heterocycles. The van der Waals surface area contributed by atoms with E-state index >= 15 is 0 Å². The first-order valence-corrected chi connectivity index (χ1v) is 10.5. The van der Waals surface area contributed by atoms with Crippen LogP contribution in [0, 0.1) is 27.7 Å². The van der Waals surface area contributed by atoms with Gasteiger partial charge < -0.3 is 0 Å². The Hall–Kier alpha value is -2.99. The molecule has 0 fully saturated rings. The molecule has 0 saturated carbocycles. The molecule has 0 bridgehead atoms. The molecule has 0 saturated heterocycles. The number of benzene rings is 2. The molecule has 0 N–H and O–H groups in total. The van der Waals surface area contributed by atoms with Crippen LogP contribution >= 0.6 is 11.3 Å². The van der Waals surface area contributed by atoms with Crippen LogP contribution in [0.25, 0.3) is 10.2 Å². The molecule has 29 heavy (non-hydrogen) atoms. The molecule has 0 radical (unpaired) electrons. The van der Waals surface area contributed by atoms with Gasteiger partial charge in [-0.3, -0.25) is 14.4 Å². The normalized spacial score (nSPS) is 11.2. The zero-order chi connectivity index (χ0) is 20.5. The van der Waals surface area contributed by atoms with Gasteiger partial charge in [-0.1, -0.05) is 47.7 Å². The number of aromatic nitrogens is 3. The van der Waals surface area contributed by atoms with Crippen LogP contribution in [0.15, 0.2) is 48.5 Å². The maximum absolute atomic E-state index is 13.3. The molecular formula is C23H24N4OS. The summed E-state index contributed by atoms with van der Waals surface area (Å²) in [7, 11) is 0. The molecule has 4 aromatic rings. The van der Waals surface area contributed by atoms with E-state index in [1.165, 1.54) is 5.56 Å². The van der Waals surface area contributed by atoms with Crippen molar-refractivity contribution in [3.8, 4) is 0 Å². The molecule has 6 heteroatoms. The lowest BCUT2D eigenvalue weighted by Crippen LogP contribution is -2.34. The lowest BCUT2D eigenvalue weighted by atomic mass is 10.1. The third kappa shape index (κ3) is 3.93. The van der Waals surface area contributed by atoms with Crippen LogP contribution in [-0.4, -0.2) is 20.7 Å². The summed E-state index contributed by atoms with van der Waals surface area (Å²) in [5.74, 6) is -0.0199. The lowest BCUT2D eigenvalue weighted by molar-refractivity contribution is -0.119. The average Bonchev–Trinajstić information content (AvgIpc) is 3.26. The Morgan fingerprint density at radius 2 is 1.83 bits per heavy atom. The van der Waals surface area contributed by atoms with Crippen molar-refractivity contribution in [2.45, 2.75) is 40.8 Å². The Bertz CT molecular complexity index is 1180. The monoisotopic (exact) mass is 404 g/mol. The van der Waals surface area contributed by atoms with Crippen molar-refractivity contribution in [3.63, 3.8) is 0 Å². The Balaban J connectivity index is 1.73. The SMILES string of the molecule is Cc1cc(C)n(CC(=O)N(Cc2ccccc2)c2nc3c(C)c(C)ccc3s2)n1. The number of hydrogen-bond donors (Lipinski definition) is 0. The van der Waals surface area contributed by atoms with Crippen LogP contribution in [0.2, 0.25) is 0 Å². The van der Waals surface area contributed by atoms with E-state index in [4.69, 9.17) is 4.98 Å². The van der Waals surface area contributed by atoms with Crippen molar-refractivity contribution in [2.24, 2.45) is 0 Å². The summed E-state index contributed by atoms with van der Waals surface area (Å²) in [6.45, 7) is 8.76. The smallest absolute Gasteiger partial charge is 0.250 e. The molecule has 1 amide bonds. The molecule has 0 unspecified atom stereocenters. The highest BCUT2D eigenvalue weighted by Gasteiger charge is 2.22. The number of thiazole rings is 1. The van der Waals surface area contributed by atoms with E-state index in [1.807, 2.05) is 50.2 Å². The fourth-order valence-corrected chi connectivity index (χ4v) is 4.45. The van der Waals surface area contributed by atoms with Gasteiger partial charge in [0.15, 0.2) is 5.13 Å². The molecule has 0 aliphatic carbocycles. The van der Waals surface area contributed by atoms with E-state index in [2.05, 4.69) is 31.1 Å². The van der Waals surface area contributed by atoms with Gasteiger partial charge in [-0.15, -0.1) is 0 Å². The summed E-state index contributed by atoms with van der Waals surface area (Å²) in [4.78, 5) is 20.0. The average molecular weight is 405 g/mol. The number of carbonyl (C=O) groups is 1. The first-order chi connectivity index (χ1) is 13.9. The molecule has 2 aromatic heterocycles. The Morgan fingerprint density at radius 3 is 2.52 bits per heavy atom. The van der Waals surface area contributed by atoms with E-state index in [0.717, 1.165) is 37.9 Å². The highest BCUT2D eigenvalue weighted by Crippen LogP contribution is 2.33. The minimum Gasteiger partial charge on any atom is -0.282 e. The number of anilines is 1. The van der Waals surface area contributed by atoms with E-state index in [-0.39, 0.29) is 12.5 Å². The third-order valence-corrected chi connectivity index (χ3v) is 6.22. The van der Waals surface area contributed by atoms with E-state index in [1.54, 1.807) is 20.9 Å². The number of aryl methyl sites for hydroxylation is 4. The van der Waals surface area contributed by atoms with Crippen LogP contribution in [0.1, 0.15) is 28.1 Å². The molecular weight excluding hydrogens is 380 g/mol. The molecule has 2 heterocycles. The van der Waals surface area contributed by atoms with Crippen molar-refractivity contribution in [2.75, 3.05) is 4.90 Å². The molecule has 148 valence electrons. The van der Waals surface area contributed by atoms with Gasteiger partial charge in [0.2, 0.25) is 0 Å². The number of amides is 1. The number of hydrogen-bond acceptors (Lipinski definition) is 4. The van der Waals surface area contributed by atoms with Gasteiger partial charge in [-0.25, -0.2) is 4.98 Å². The fraction of sp³-hybridized carbons (Fsp3) is 0.261. The second kappa shape index (κ2) is 7.79. The van der Waals surface area contributed by atoms with Crippen LogP contribution < -0.4 is 4.90 Å². The van der Waals surface area contributed by atoms with Crippen molar-refractivity contribution >= 4 is 32.6 Å². The molecule has 4 rings (SSSR count). The van der Waals surface area contributed by atoms with Crippen molar-refractivity contribution in [1.29, 1.82) is 0 Å². The van der Waals surface area contributed by atoms with Crippen molar-refractivity contribution in [1.82, 2.24) is 14.8 Å². The summed E-state index contributed by atoms with van der Waals surface area (Å²) in [5, 5.41) is 5.18. The fourth-order valence-electron chi connectivity index (χ4n) is 3.41. The van der Waals surface area contributed by atoms with Gasteiger partial charge in [0.25, 0.3) is 5.91 Å². The molecule has 0 aliphatic rings. The van der Waals surface area contributed by atoms with Gasteiger partial charge >= 0.3 is 0 Å². The summed E-state index contributed by atoms with van der Waals surface area (Å²) in [5.41, 5.74) is 6.30. The van der Waals surface area contributed by atoms with Crippen LogP contribution in [0.5, 0.6) is 0 Å². The predicted octanol–water partition coefficient (Wildman–Crippen LogP) is 4.96. The summed E-state index contributed by atoms with van der Waals surface area (Å²) >= 11 is 1.56. The molecule has 5 nitrogen and oxygen atoms in total. The van der Waals surface area contributed by atoms with E-state index in [9.17, 15) is 4.79 Å². The number of carbonyl (C=O) groups excluding carboxylic acids is 1. The predicted molar refractivity (Wildman–Crippen MR) is 118 cm³/mol. The van der Waals surface area contributed by atoms with Crippen LogP contribution in [0.3, 0.4) is 0 Å².